The Morgan fingerprint density at radius 3 is 2.17 bits per heavy atom. The van der Waals surface area contributed by atoms with Crippen molar-refractivity contribution < 1.29 is 0 Å². The predicted molar refractivity (Wildman–Crippen MR) is 70.7 cm³/mol. The molecule has 0 amide bonds. The van der Waals surface area contributed by atoms with Crippen LogP contribution in [0.1, 0.15) is 19.8 Å². The first kappa shape index (κ1) is 14.0. The van der Waals surface area contributed by atoms with Gasteiger partial charge in [0.1, 0.15) is 0 Å². The maximum Gasteiger partial charge on any atom is 0.340 e. The van der Waals surface area contributed by atoms with E-state index in [1.54, 1.807) is 0 Å². The van der Waals surface area contributed by atoms with Crippen molar-refractivity contribution in [3.8, 4) is 0 Å². The molecule has 0 N–H and O–H groups in total. The fraction of sp³-hybridized carbons (Fsp3) is 0.417. The zero-order chi connectivity index (χ0) is 13.7. The molecule has 0 atom stereocenters. The molecule has 1 aromatic heterocycles. The number of aromatic nitrogens is 3. The summed E-state index contributed by atoms with van der Waals surface area (Å²) in [5, 5.41) is 0. The molecule has 0 saturated carbocycles. The lowest BCUT2D eigenvalue weighted by molar-refractivity contribution is 0.499. The number of allylic oxidation sites excluding steroid dienone is 1. The van der Waals surface area contributed by atoms with E-state index < -0.39 is 17.1 Å². The number of unbranched alkanes of at least 4 members (excludes halogenated alkanes) is 1. The highest BCUT2D eigenvalue weighted by Crippen LogP contribution is 1.88. The third kappa shape index (κ3) is 2.42. The Hall–Kier alpha value is -2.11. The van der Waals surface area contributed by atoms with Crippen LogP contribution in [-0.2, 0) is 13.1 Å². The molecule has 18 heavy (non-hydrogen) atoms. The monoisotopic (exact) mass is 251 g/mol. The summed E-state index contributed by atoms with van der Waals surface area (Å²) in [6.07, 6.45) is 4.09. The van der Waals surface area contributed by atoms with Crippen LogP contribution in [0, 0.1) is 0 Å². The highest BCUT2D eigenvalue weighted by molar-refractivity contribution is 5.14. The molecular formula is C12H17N3O3. The summed E-state index contributed by atoms with van der Waals surface area (Å²) >= 11 is 0. The first-order chi connectivity index (χ1) is 8.58. The van der Waals surface area contributed by atoms with Gasteiger partial charge in [0.15, 0.2) is 0 Å². The van der Waals surface area contributed by atoms with Gasteiger partial charge in [0.05, 0.1) is 6.54 Å². The Labute approximate surface area is 104 Å². The minimum Gasteiger partial charge on any atom is -0.247 e. The van der Waals surface area contributed by atoms with E-state index in [-0.39, 0.29) is 6.54 Å². The van der Waals surface area contributed by atoms with Gasteiger partial charge in [-0.25, -0.2) is 28.1 Å². The summed E-state index contributed by atoms with van der Waals surface area (Å²) < 4.78 is 2.85. The molecule has 0 bridgehead atoms. The quantitative estimate of drug-likeness (QED) is 0.681. The standard InChI is InChI=1S/C12H17N3O3/c1-4-7-9-15-11(17)13(6-3)10(16)14(8-5-2)12(15)18/h5-6H,2-4,7-9H2,1H3. The van der Waals surface area contributed by atoms with Crippen LogP contribution in [0.4, 0.5) is 0 Å². The zero-order valence-electron chi connectivity index (χ0n) is 10.5. The smallest absolute Gasteiger partial charge is 0.247 e. The number of hydrogen-bond donors (Lipinski definition) is 0. The molecule has 1 rings (SSSR count). The van der Waals surface area contributed by atoms with Crippen molar-refractivity contribution in [2.75, 3.05) is 0 Å². The van der Waals surface area contributed by atoms with Gasteiger partial charge in [0, 0.05) is 12.7 Å². The van der Waals surface area contributed by atoms with Gasteiger partial charge in [0.2, 0.25) is 0 Å². The summed E-state index contributed by atoms with van der Waals surface area (Å²) in [6.45, 7) is 9.21. The molecule has 0 radical (unpaired) electrons. The maximum absolute atomic E-state index is 12.0. The second-order valence-electron chi connectivity index (χ2n) is 3.80. The molecule has 6 nitrogen and oxygen atoms in total. The molecule has 1 heterocycles. The Bertz CT molecular complexity index is 619. The van der Waals surface area contributed by atoms with Crippen molar-refractivity contribution in [1.82, 2.24) is 13.7 Å². The van der Waals surface area contributed by atoms with Crippen molar-refractivity contribution in [3.63, 3.8) is 0 Å². The molecule has 0 saturated heterocycles. The predicted octanol–water partition coefficient (Wildman–Crippen LogP) is 0.258. The van der Waals surface area contributed by atoms with Crippen LogP contribution in [0.2, 0.25) is 0 Å². The lowest BCUT2D eigenvalue weighted by Crippen LogP contribution is -2.53. The first-order valence-corrected chi connectivity index (χ1v) is 5.78. The molecule has 0 spiro atoms. The van der Waals surface area contributed by atoms with Crippen LogP contribution in [0.3, 0.4) is 0 Å². The third-order valence-corrected chi connectivity index (χ3v) is 2.57. The van der Waals surface area contributed by atoms with E-state index in [1.165, 1.54) is 6.08 Å². The Morgan fingerprint density at radius 2 is 1.67 bits per heavy atom. The molecule has 0 aliphatic carbocycles. The van der Waals surface area contributed by atoms with E-state index in [4.69, 9.17) is 0 Å². The van der Waals surface area contributed by atoms with E-state index in [1.807, 2.05) is 6.92 Å². The van der Waals surface area contributed by atoms with E-state index in [0.717, 1.165) is 26.3 Å². The Kier molecular flexibility index (Phi) is 4.65. The van der Waals surface area contributed by atoms with Gasteiger partial charge in [-0.2, -0.15) is 0 Å². The molecule has 98 valence electrons. The summed E-state index contributed by atoms with van der Waals surface area (Å²) in [7, 11) is 0. The third-order valence-electron chi connectivity index (χ3n) is 2.57. The van der Waals surface area contributed by atoms with Crippen molar-refractivity contribution in [2.24, 2.45) is 0 Å². The second-order valence-corrected chi connectivity index (χ2v) is 3.80. The number of rotatable bonds is 6. The summed E-state index contributed by atoms with van der Waals surface area (Å²) in [5.41, 5.74) is -1.93. The molecule has 0 unspecified atom stereocenters. The van der Waals surface area contributed by atoms with E-state index in [0.29, 0.717) is 13.0 Å². The number of nitrogens with zero attached hydrogens (tertiary/aromatic N) is 3. The van der Waals surface area contributed by atoms with Gasteiger partial charge in [-0.3, -0.25) is 0 Å². The molecule has 0 fully saturated rings. The van der Waals surface area contributed by atoms with E-state index in [9.17, 15) is 14.4 Å². The average Bonchev–Trinajstić information content (AvgIpc) is 2.35. The minimum absolute atomic E-state index is 0.0674. The van der Waals surface area contributed by atoms with Gasteiger partial charge in [-0.15, -0.1) is 6.58 Å². The van der Waals surface area contributed by atoms with Gasteiger partial charge in [-0.05, 0) is 6.42 Å². The van der Waals surface area contributed by atoms with Crippen molar-refractivity contribution >= 4 is 6.20 Å². The largest absolute Gasteiger partial charge is 0.340 e. The number of hydrogen-bond acceptors (Lipinski definition) is 3. The van der Waals surface area contributed by atoms with Crippen LogP contribution in [0.15, 0.2) is 33.6 Å². The van der Waals surface area contributed by atoms with Gasteiger partial charge < -0.3 is 0 Å². The fourth-order valence-corrected chi connectivity index (χ4v) is 1.60. The average molecular weight is 251 g/mol. The maximum atomic E-state index is 12.0. The lowest BCUT2D eigenvalue weighted by Gasteiger charge is -2.10. The van der Waals surface area contributed by atoms with E-state index in [2.05, 4.69) is 13.2 Å². The van der Waals surface area contributed by atoms with Crippen LogP contribution < -0.4 is 17.1 Å². The van der Waals surface area contributed by atoms with Crippen LogP contribution in [0.5, 0.6) is 0 Å². The zero-order valence-corrected chi connectivity index (χ0v) is 10.5. The molecule has 0 aromatic carbocycles. The van der Waals surface area contributed by atoms with Gasteiger partial charge in [0.25, 0.3) is 0 Å². The highest BCUT2D eigenvalue weighted by atomic mass is 16.2. The lowest BCUT2D eigenvalue weighted by atomic mass is 10.3. The fourth-order valence-electron chi connectivity index (χ4n) is 1.60. The summed E-state index contributed by atoms with van der Waals surface area (Å²) in [4.78, 5) is 35.8. The SMILES string of the molecule is C=CCn1c(=O)n(C=C)c(=O)n(CCCC)c1=O. The van der Waals surface area contributed by atoms with Crippen LogP contribution in [0.25, 0.3) is 6.20 Å². The summed E-state index contributed by atoms with van der Waals surface area (Å²) in [5.74, 6) is 0. The Balaban J connectivity index is 3.61. The normalized spacial score (nSPS) is 10.3. The van der Waals surface area contributed by atoms with E-state index >= 15 is 0 Å². The first-order valence-electron chi connectivity index (χ1n) is 5.78. The van der Waals surface area contributed by atoms with Crippen LogP contribution in [-0.4, -0.2) is 13.7 Å². The Morgan fingerprint density at radius 1 is 1.06 bits per heavy atom. The van der Waals surface area contributed by atoms with Crippen molar-refractivity contribution in [2.45, 2.75) is 32.9 Å². The molecule has 0 aliphatic heterocycles. The van der Waals surface area contributed by atoms with Crippen LogP contribution >= 0.6 is 0 Å². The molecule has 0 aliphatic rings. The molecule has 1 aromatic rings. The van der Waals surface area contributed by atoms with Gasteiger partial charge >= 0.3 is 17.1 Å². The van der Waals surface area contributed by atoms with Crippen molar-refractivity contribution in [1.29, 1.82) is 0 Å². The van der Waals surface area contributed by atoms with Crippen molar-refractivity contribution in [3.05, 3.63) is 50.7 Å². The minimum atomic E-state index is -0.687. The second kappa shape index (κ2) is 6.00. The molecular weight excluding hydrogens is 234 g/mol. The van der Waals surface area contributed by atoms with Gasteiger partial charge in [-0.1, -0.05) is 26.0 Å². The summed E-state index contributed by atoms with van der Waals surface area (Å²) in [6, 6.07) is 0. The molecule has 6 heteroatoms. The topological polar surface area (TPSA) is 66.0 Å². The highest BCUT2D eigenvalue weighted by Gasteiger charge is 2.12.